The predicted molar refractivity (Wildman–Crippen MR) is 123 cm³/mol. The van der Waals surface area contributed by atoms with Gasteiger partial charge < -0.3 is 20.6 Å². The van der Waals surface area contributed by atoms with Crippen molar-refractivity contribution in [2.24, 2.45) is 0 Å². The molecule has 3 aromatic rings. The molecule has 164 valence electrons. The van der Waals surface area contributed by atoms with Gasteiger partial charge in [0.25, 0.3) is 0 Å². The topological polar surface area (TPSA) is 86.2 Å². The van der Waals surface area contributed by atoms with Crippen LogP contribution in [0.2, 0.25) is 0 Å². The number of pyridine rings is 1. The molecule has 3 heterocycles. The van der Waals surface area contributed by atoms with Gasteiger partial charge >= 0.3 is 0 Å². The third-order valence-electron chi connectivity index (χ3n) is 5.88. The number of aliphatic hydroxyl groups excluding tert-OH is 1. The Morgan fingerprint density at radius 3 is 2.71 bits per heavy atom. The number of rotatable bonds is 5. The number of alkyl halides is 1. The average Bonchev–Trinajstić information content (AvgIpc) is 2.74. The van der Waals surface area contributed by atoms with Gasteiger partial charge in [0.1, 0.15) is 11.6 Å². The Bertz CT molecular complexity index is 1090. The lowest BCUT2D eigenvalue weighted by molar-refractivity contribution is -0.00860. The highest BCUT2D eigenvalue weighted by atomic mass is 19.1. The molecule has 2 aromatic heterocycles. The van der Waals surface area contributed by atoms with E-state index in [1.807, 2.05) is 19.3 Å². The Labute approximate surface area is 181 Å². The summed E-state index contributed by atoms with van der Waals surface area (Å²) in [6.07, 6.45) is 2.87. The number of halogens is 1. The van der Waals surface area contributed by atoms with Crippen LogP contribution in [0, 0.1) is 0 Å². The van der Waals surface area contributed by atoms with E-state index in [9.17, 15) is 9.50 Å². The van der Waals surface area contributed by atoms with Crippen molar-refractivity contribution < 1.29 is 9.50 Å². The second-order valence-electron chi connectivity index (χ2n) is 8.59. The van der Waals surface area contributed by atoms with E-state index in [0.717, 1.165) is 16.5 Å². The molecule has 31 heavy (non-hydrogen) atoms. The van der Waals surface area contributed by atoms with Crippen LogP contribution in [0.3, 0.4) is 0 Å². The minimum Gasteiger partial charge on any atom is -0.390 e. The van der Waals surface area contributed by atoms with Crippen LogP contribution in [-0.2, 0) is 0 Å². The molecule has 1 saturated heterocycles. The van der Waals surface area contributed by atoms with Crippen molar-refractivity contribution in [1.29, 1.82) is 0 Å². The number of aromatic nitrogens is 3. The van der Waals surface area contributed by atoms with Crippen LogP contribution in [0.15, 0.2) is 36.7 Å². The maximum atomic E-state index is 14.6. The first kappa shape index (κ1) is 21.2. The highest BCUT2D eigenvalue weighted by Gasteiger charge is 2.39. The molecule has 1 fully saturated rings. The number of anilines is 4. The number of nitrogens with one attached hydrogen (secondary N) is 2. The van der Waals surface area contributed by atoms with E-state index in [0.29, 0.717) is 36.5 Å². The molecule has 0 spiro atoms. The van der Waals surface area contributed by atoms with Gasteiger partial charge in [-0.05, 0) is 48.4 Å². The van der Waals surface area contributed by atoms with Crippen molar-refractivity contribution >= 4 is 34.0 Å². The van der Waals surface area contributed by atoms with Crippen LogP contribution in [-0.4, -0.2) is 52.0 Å². The second-order valence-corrected chi connectivity index (χ2v) is 8.59. The Kier molecular flexibility index (Phi) is 5.66. The van der Waals surface area contributed by atoms with E-state index in [1.54, 1.807) is 17.2 Å². The maximum Gasteiger partial charge on any atom is 0.227 e. The van der Waals surface area contributed by atoms with Crippen LogP contribution in [0.1, 0.15) is 38.7 Å². The molecule has 0 radical (unpaired) electrons. The summed E-state index contributed by atoms with van der Waals surface area (Å²) in [5.41, 5.74) is 0.588. The predicted octanol–water partition coefficient (Wildman–Crippen LogP) is 4.23. The van der Waals surface area contributed by atoms with E-state index in [-0.39, 0.29) is 6.54 Å². The van der Waals surface area contributed by atoms with Crippen LogP contribution in [0.5, 0.6) is 0 Å². The molecule has 0 aliphatic carbocycles. The van der Waals surface area contributed by atoms with E-state index in [2.05, 4.69) is 51.6 Å². The molecule has 1 aliphatic heterocycles. The first-order chi connectivity index (χ1) is 14.8. The standard InChI is InChI=1S/C23H29FN6O/c1-14(2)15-5-6-18(25-4)17-12-27-21(11-16(15)17)28-20-7-9-26-22(29-20)30-10-8-19(31)23(3,24)13-30/h5-7,9,11-12,14,19,25,31H,8,10,13H2,1-4H3,(H,26,27,28,29)/t19-,23+/m1/s1. The summed E-state index contributed by atoms with van der Waals surface area (Å²) in [4.78, 5) is 15.2. The summed E-state index contributed by atoms with van der Waals surface area (Å²) >= 11 is 0. The third kappa shape index (κ3) is 4.25. The van der Waals surface area contributed by atoms with Crippen molar-refractivity contribution in [2.45, 2.75) is 44.9 Å². The van der Waals surface area contributed by atoms with E-state index >= 15 is 0 Å². The van der Waals surface area contributed by atoms with Crippen molar-refractivity contribution in [3.8, 4) is 0 Å². The van der Waals surface area contributed by atoms with E-state index in [4.69, 9.17) is 0 Å². The van der Waals surface area contributed by atoms with E-state index < -0.39 is 11.8 Å². The van der Waals surface area contributed by atoms with Gasteiger partial charge in [-0.1, -0.05) is 19.9 Å². The summed E-state index contributed by atoms with van der Waals surface area (Å²) in [6, 6.07) is 8.01. The van der Waals surface area contributed by atoms with Crippen LogP contribution in [0.4, 0.5) is 27.7 Å². The molecule has 8 heteroatoms. The lowest BCUT2D eigenvalue weighted by Gasteiger charge is -2.38. The number of fused-ring (bicyclic) bond motifs is 1. The lowest BCUT2D eigenvalue weighted by Crippen LogP contribution is -2.52. The van der Waals surface area contributed by atoms with Crippen LogP contribution >= 0.6 is 0 Å². The summed E-state index contributed by atoms with van der Waals surface area (Å²) in [7, 11) is 1.90. The highest BCUT2D eigenvalue weighted by molar-refractivity contribution is 5.97. The van der Waals surface area contributed by atoms with Crippen molar-refractivity contribution in [3.05, 3.63) is 42.2 Å². The molecule has 0 unspecified atom stereocenters. The first-order valence-corrected chi connectivity index (χ1v) is 10.6. The summed E-state index contributed by atoms with van der Waals surface area (Å²) in [5, 5.41) is 18.5. The Balaban J connectivity index is 1.62. The zero-order valence-corrected chi connectivity index (χ0v) is 18.4. The average molecular weight is 425 g/mol. The largest absolute Gasteiger partial charge is 0.390 e. The van der Waals surface area contributed by atoms with Crippen LogP contribution < -0.4 is 15.5 Å². The van der Waals surface area contributed by atoms with Gasteiger partial charge in [0.05, 0.1) is 12.6 Å². The second kappa shape index (κ2) is 8.26. The fourth-order valence-electron chi connectivity index (χ4n) is 4.06. The number of hydrogen-bond acceptors (Lipinski definition) is 7. The quantitative estimate of drug-likeness (QED) is 0.565. The van der Waals surface area contributed by atoms with Gasteiger partial charge in [-0.15, -0.1) is 0 Å². The number of hydrogen-bond donors (Lipinski definition) is 3. The van der Waals surface area contributed by atoms with Crippen molar-refractivity contribution in [2.75, 3.05) is 35.7 Å². The molecule has 1 aliphatic rings. The zero-order chi connectivity index (χ0) is 22.2. The van der Waals surface area contributed by atoms with Crippen LogP contribution in [0.25, 0.3) is 10.8 Å². The first-order valence-electron chi connectivity index (χ1n) is 10.6. The molecule has 0 amide bonds. The SMILES string of the molecule is CNc1ccc(C(C)C)c2cc(Nc3ccnc(N4CC[C@@H](O)[C@@](C)(F)C4)n3)ncc12. The van der Waals surface area contributed by atoms with Gasteiger partial charge in [-0.2, -0.15) is 4.98 Å². The molecule has 0 saturated carbocycles. The van der Waals surface area contributed by atoms with Gasteiger partial charge in [0, 0.05) is 37.1 Å². The van der Waals surface area contributed by atoms with E-state index in [1.165, 1.54) is 12.5 Å². The monoisotopic (exact) mass is 424 g/mol. The molecule has 7 nitrogen and oxygen atoms in total. The maximum absolute atomic E-state index is 14.6. The molecule has 0 bridgehead atoms. The fourth-order valence-corrected chi connectivity index (χ4v) is 4.06. The smallest absolute Gasteiger partial charge is 0.227 e. The minimum atomic E-state index is -1.69. The summed E-state index contributed by atoms with van der Waals surface area (Å²) in [6.45, 7) is 6.31. The van der Waals surface area contributed by atoms with Crippen molar-refractivity contribution in [1.82, 2.24) is 15.0 Å². The number of nitrogens with zero attached hydrogens (tertiary/aromatic N) is 4. The van der Waals surface area contributed by atoms with Gasteiger partial charge in [0.15, 0.2) is 5.67 Å². The zero-order valence-electron chi connectivity index (χ0n) is 18.4. The number of piperidine rings is 1. The highest BCUT2D eigenvalue weighted by Crippen LogP contribution is 2.32. The van der Waals surface area contributed by atoms with Gasteiger partial charge in [-0.3, -0.25) is 0 Å². The minimum absolute atomic E-state index is 0.0520. The Hall–Kier alpha value is -3.00. The van der Waals surface area contributed by atoms with Crippen molar-refractivity contribution in [3.63, 3.8) is 0 Å². The van der Waals surface area contributed by atoms with Gasteiger partial charge in [-0.25, -0.2) is 14.4 Å². The molecule has 4 rings (SSSR count). The molecular weight excluding hydrogens is 395 g/mol. The molecule has 3 N–H and O–H groups in total. The number of benzene rings is 1. The molecule has 1 aromatic carbocycles. The molecular formula is C23H29FN6O. The van der Waals surface area contributed by atoms with Gasteiger partial charge in [0.2, 0.25) is 5.95 Å². The number of aliphatic hydroxyl groups is 1. The Morgan fingerprint density at radius 2 is 2.00 bits per heavy atom. The summed E-state index contributed by atoms with van der Waals surface area (Å²) < 4.78 is 14.6. The fraction of sp³-hybridized carbons (Fsp3) is 0.435. The normalized spacial score (nSPS) is 21.5. The Morgan fingerprint density at radius 1 is 1.19 bits per heavy atom. The summed E-state index contributed by atoms with van der Waals surface area (Å²) in [5.74, 6) is 2.07. The lowest BCUT2D eigenvalue weighted by atomic mass is 9.94. The third-order valence-corrected chi connectivity index (χ3v) is 5.88. The molecule has 2 atom stereocenters.